The number of hydrogen-bond acceptors (Lipinski definition) is 4. The quantitative estimate of drug-likeness (QED) is 0.418. The number of nitrogens with one attached hydrogen (secondary N) is 2. The van der Waals surface area contributed by atoms with Gasteiger partial charge in [0, 0.05) is 29.9 Å². The number of benzene rings is 1. The number of amides is 1. The number of hydrogen-bond donors (Lipinski definition) is 2. The van der Waals surface area contributed by atoms with E-state index in [-0.39, 0.29) is 17.5 Å². The first-order valence-corrected chi connectivity index (χ1v) is 10.3. The Balaban J connectivity index is 1.81. The second-order valence-electron chi connectivity index (χ2n) is 7.07. The van der Waals surface area contributed by atoms with Gasteiger partial charge in [-0.05, 0) is 43.3 Å². The van der Waals surface area contributed by atoms with Gasteiger partial charge in [0.15, 0.2) is 0 Å². The number of fused-ring (bicyclic) bond motifs is 1. The Morgan fingerprint density at radius 2 is 2.00 bits per heavy atom. The van der Waals surface area contributed by atoms with Crippen LogP contribution in [0.5, 0.6) is 0 Å². The Kier molecular flexibility index (Phi) is 7.36. The first kappa shape index (κ1) is 21.3. The molecule has 0 fully saturated rings. The van der Waals surface area contributed by atoms with Crippen molar-refractivity contribution in [1.82, 2.24) is 20.2 Å². The van der Waals surface area contributed by atoms with E-state index in [4.69, 9.17) is 0 Å². The summed E-state index contributed by atoms with van der Waals surface area (Å²) in [6.07, 6.45) is 5.84. The lowest BCUT2D eigenvalue weighted by atomic mass is 10.0. The Bertz CT molecular complexity index is 1040. The summed E-state index contributed by atoms with van der Waals surface area (Å²) in [5, 5.41) is 13.6. The highest BCUT2D eigenvalue weighted by Gasteiger charge is 2.18. The van der Waals surface area contributed by atoms with Crippen LogP contribution in [0.3, 0.4) is 0 Å². The first-order chi connectivity index (χ1) is 14.7. The number of H-pyrrole nitrogens is 1. The van der Waals surface area contributed by atoms with E-state index in [1.165, 1.54) is 0 Å². The lowest BCUT2D eigenvalue weighted by Crippen LogP contribution is -2.33. The molecule has 0 aliphatic rings. The molecule has 3 aromatic rings. The Hall–Kier alpha value is -3.43. The molecule has 3 rings (SSSR count). The van der Waals surface area contributed by atoms with Gasteiger partial charge in [0.2, 0.25) is 0 Å². The molecule has 1 unspecified atom stereocenters. The fourth-order valence-corrected chi connectivity index (χ4v) is 3.50. The number of nitrogens with zero attached hydrogens (tertiary/aromatic N) is 3. The fourth-order valence-electron chi connectivity index (χ4n) is 3.50. The molecule has 154 valence electrons. The zero-order valence-corrected chi connectivity index (χ0v) is 17.4. The number of pyridine rings is 1. The maximum atomic E-state index is 13.0. The molecular weight excluding hydrogens is 374 g/mol. The van der Waals surface area contributed by atoms with Gasteiger partial charge in [-0.1, -0.05) is 44.2 Å². The van der Waals surface area contributed by atoms with E-state index in [1.54, 1.807) is 18.5 Å². The molecule has 30 heavy (non-hydrogen) atoms. The van der Waals surface area contributed by atoms with Gasteiger partial charge in [-0.25, -0.2) is 4.98 Å². The van der Waals surface area contributed by atoms with E-state index < -0.39 is 0 Å². The van der Waals surface area contributed by atoms with Crippen molar-refractivity contribution >= 4 is 23.0 Å². The molecule has 1 aromatic carbocycles. The molecule has 0 bridgehead atoms. The van der Waals surface area contributed by atoms with Gasteiger partial charge in [-0.2, -0.15) is 5.26 Å². The van der Waals surface area contributed by atoms with Crippen molar-refractivity contribution in [2.75, 3.05) is 19.6 Å². The van der Waals surface area contributed by atoms with Crippen LogP contribution in [0, 0.1) is 11.3 Å². The van der Waals surface area contributed by atoms with E-state index in [1.807, 2.05) is 42.5 Å². The molecule has 0 saturated carbocycles. The predicted octanol–water partition coefficient (Wildman–Crippen LogP) is 4.06. The molecule has 0 aliphatic carbocycles. The molecule has 0 radical (unpaired) electrons. The standard InChI is InChI=1S/C24H27N5O/c1-3-29(4-2)14-12-22(18-9-6-5-7-10-18)28-24(30)19(16-25)15-20-17-27-23-21(20)11-8-13-26-23/h5-11,13,15,17,22H,3-4,12,14H2,1-2H3,(H,26,27)(H,28,30)/b19-15+. The molecule has 2 heterocycles. The van der Waals surface area contributed by atoms with Crippen molar-refractivity contribution < 1.29 is 4.79 Å². The topological polar surface area (TPSA) is 84.8 Å². The van der Waals surface area contributed by atoms with Gasteiger partial charge in [0.05, 0.1) is 6.04 Å². The smallest absolute Gasteiger partial charge is 0.262 e. The van der Waals surface area contributed by atoms with E-state index in [9.17, 15) is 10.1 Å². The van der Waals surface area contributed by atoms with Crippen LogP contribution < -0.4 is 5.32 Å². The van der Waals surface area contributed by atoms with Gasteiger partial charge >= 0.3 is 0 Å². The molecular formula is C24H27N5O. The lowest BCUT2D eigenvalue weighted by Gasteiger charge is -2.24. The Morgan fingerprint density at radius 3 is 2.70 bits per heavy atom. The molecule has 2 N–H and O–H groups in total. The molecule has 6 heteroatoms. The van der Waals surface area contributed by atoms with Gasteiger partial charge in [-0.15, -0.1) is 0 Å². The van der Waals surface area contributed by atoms with Crippen LogP contribution >= 0.6 is 0 Å². The summed E-state index contributed by atoms with van der Waals surface area (Å²) in [4.78, 5) is 22.6. The van der Waals surface area contributed by atoms with Crippen molar-refractivity contribution in [3.8, 4) is 6.07 Å². The number of carbonyl (C=O) groups is 1. The van der Waals surface area contributed by atoms with Crippen molar-refractivity contribution in [3.05, 3.63) is 71.6 Å². The third kappa shape index (κ3) is 5.13. The normalized spacial score (nSPS) is 12.7. The molecule has 2 aromatic heterocycles. The number of aromatic amines is 1. The van der Waals surface area contributed by atoms with E-state index in [0.29, 0.717) is 0 Å². The second kappa shape index (κ2) is 10.4. The fraction of sp³-hybridized carbons (Fsp3) is 0.292. The van der Waals surface area contributed by atoms with Crippen LogP contribution in [0.25, 0.3) is 17.1 Å². The minimum Gasteiger partial charge on any atom is -0.346 e. The van der Waals surface area contributed by atoms with Crippen molar-refractivity contribution in [3.63, 3.8) is 0 Å². The van der Waals surface area contributed by atoms with E-state index in [2.05, 4.69) is 40.1 Å². The van der Waals surface area contributed by atoms with Crippen molar-refractivity contribution in [2.45, 2.75) is 26.3 Å². The summed E-state index contributed by atoms with van der Waals surface area (Å²) in [5.74, 6) is -0.371. The van der Waals surface area contributed by atoms with Crippen LogP contribution in [-0.2, 0) is 4.79 Å². The minimum atomic E-state index is -0.371. The minimum absolute atomic E-state index is 0.0727. The van der Waals surface area contributed by atoms with Crippen LogP contribution in [0.2, 0.25) is 0 Å². The Morgan fingerprint density at radius 1 is 1.23 bits per heavy atom. The highest BCUT2D eigenvalue weighted by atomic mass is 16.1. The van der Waals surface area contributed by atoms with Crippen molar-refractivity contribution in [2.24, 2.45) is 0 Å². The summed E-state index contributed by atoms with van der Waals surface area (Å²) in [6.45, 7) is 7.05. The number of rotatable bonds is 9. The SMILES string of the molecule is CCN(CC)CCC(NC(=O)/C(C#N)=C/c1c[nH]c2ncccc12)c1ccccc1. The predicted molar refractivity (Wildman–Crippen MR) is 119 cm³/mol. The van der Waals surface area contributed by atoms with Crippen LogP contribution in [0.15, 0.2) is 60.4 Å². The summed E-state index contributed by atoms with van der Waals surface area (Å²) in [7, 11) is 0. The average Bonchev–Trinajstić information content (AvgIpc) is 3.20. The zero-order chi connectivity index (χ0) is 21.3. The molecule has 1 amide bonds. The summed E-state index contributed by atoms with van der Waals surface area (Å²) >= 11 is 0. The second-order valence-corrected chi connectivity index (χ2v) is 7.07. The van der Waals surface area contributed by atoms with Gasteiger partial charge in [0.1, 0.15) is 17.3 Å². The summed E-state index contributed by atoms with van der Waals surface area (Å²) in [6, 6.07) is 15.5. The van der Waals surface area contributed by atoms with Gasteiger partial charge < -0.3 is 15.2 Å². The van der Waals surface area contributed by atoms with Crippen LogP contribution in [0.4, 0.5) is 0 Å². The van der Waals surface area contributed by atoms with Crippen LogP contribution in [0.1, 0.15) is 37.4 Å². The third-order valence-corrected chi connectivity index (χ3v) is 5.28. The summed E-state index contributed by atoms with van der Waals surface area (Å²) in [5.41, 5.74) is 2.60. The summed E-state index contributed by atoms with van der Waals surface area (Å²) < 4.78 is 0. The highest BCUT2D eigenvalue weighted by Crippen LogP contribution is 2.21. The number of aromatic nitrogens is 2. The largest absolute Gasteiger partial charge is 0.346 e. The van der Waals surface area contributed by atoms with E-state index >= 15 is 0 Å². The molecule has 0 aliphatic heterocycles. The van der Waals surface area contributed by atoms with Crippen molar-refractivity contribution in [1.29, 1.82) is 5.26 Å². The van der Waals surface area contributed by atoms with Gasteiger partial charge in [0.25, 0.3) is 5.91 Å². The number of nitriles is 1. The lowest BCUT2D eigenvalue weighted by molar-refractivity contribution is -0.117. The molecule has 0 spiro atoms. The van der Waals surface area contributed by atoms with Gasteiger partial charge in [-0.3, -0.25) is 4.79 Å². The molecule has 6 nitrogen and oxygen atoms in total. The maximum absolute atomic E-state index is 13.0. The molecule has 0 saturated heterocycles. The first-order valence-electron chi connectivity index (χ1n) is 10.3. The maximum Gasteiger partial charge on any atom is 0.262 e. The molecule has 1 atom stereocenters. The number of carbonyl (C=O) groups excluding carboxylic acids is 1. The van der Waals surface area contributed by atoms with E-state index in [0.717, 1.165) is 48.2 Å². The zero-order valence-electron chi connectivity index (χ0n) is 17.4. The van der Waals surface area contributed by atoms with Crippen LogP contribution in [-0.4, -0.2) is 40.4 Å². The monoisotopic (exact) mass is 401 g/mol. The Labute approximate surface area is 177 Å². The average molecular weight is 402 g/mol. The highest BCUT2D eigenvalue weighted by molar-refractivity contribution is 6.03. The third-order valence-electron chi connectivity index (χ3n) is 5.28.